The van der Waals surface area contributed by atoms with Crippen LogP contribution < -0.4 is 4.90 Å². The molecule has 1 aliphatic rings. The molecule has 5 heteroatoms. The summed E-state index contributed by atoms with van der Waals surface area (Å²) in [7, 11) is 0. The van der Waals surface area contributed by atoms with Crippen molar-refractivity contribution >= 4 is 39.3 Å². The zero-order chi connectivity index (χ0) is 33.8. The van der Waals surface area contributed by atoms with Gasteiger partial charge in [-0.2, -0.15) is 5.26 Å². The number of rotatable bonds is 5. The number of anilines is 1. The van der Waals surface area contributed by atoms with Crippen LogP contribution in [0.15, 0.2) is 164 Å². The van der Waals surface area contributed by atoms with Gasteiger partial charge in [-0.25, -0.2) is 4.90 Å². The van der Waals surface area contributed by atoms with Crippen LogP contribution in [0.3, 0.4) is 0 Å². The van der Waals surface area contributed by atoms with E-state index in [0.717, 1.165) is 55.2 Å². The average molecular weight is 642 g/mol. The first-order chi connectivity index (χ1) is 24.6. The lowest BCUT2D eigenvalue weighted by Crippen LogP contribution is -2.29. The number of aromatic nitrogens is 1. The lowest BCUT2D eigenvalue weighted by Gasteiger charge is -2.17. The highest BCUT2D eigenvalue weighted by atomic mass is 16.2. The summed E-state index contributed by atoms with van der Waals surface area (Å²) in [5, 5.41) is 11.5. The summed E-state index contributed by atoms with van der Waals surface area (Å²) in [6, 6.07) is 55.5. The predicted octanol–water partition coefficient (Wildman–Crippen LogP) is 10.5. The molecule has 0 saturated carbocycles. The van der Waals surface area contributed by atoms with Crippen molar-refractivity contribution in [2.45, 2.75) is 0 Å². The fourth-order valence-electron chi connectivity index (χ4n) is 7.31. The van der Waals surface area contributed by atoms with Crippen LogP contribution >= 0.6 is 0 Å². The molecular weight excluding hydrogens is 615 g/mol. The largest absolute Gasteiger partial charge is 0.307 e. The van der Waals surface area contributed by atoms with Crippen LogP contribution in [-0.4, -0.2) is 16.4 Å². The van der Waals surface area contributed by atoms with Gasteiger partial charge < -0.3 is 4.57 Å². The van der Waals surface area contributed by atoms with Crippen molar-refractivity contribution in [3.05, 3.63) is 180 Å². The Bertz CT molecular complexity index is 2690. The molecule has 0 radical (unpaired) electrons. The summed E-state index contributed by atoms with van der Waals surface area (Å²) in [5.74, 6) is -0.720. The molecule has 7 aromatic carbocycles. The highest BCUT2D eigenvalue weighted by molar-refractivity contribution is 6.36. The first kappa shape index (κ1) is 29.1. The molecule has 0 bridgehead atoms. The van der Waals surface area contributed by atoms with E-state index < -0.39 is 0 Å². The number of nitriles is 1. The number of fused-ring (bicyclic) bond motifs is 4. The van der Waals surface area contributed by atoms with Crippen LogP contribution in [0.2, 0.25) is 0 Å². The number of carbonyl (C=O) groups excluding carboxylic acids is 2. The number of amides is 2. The molecule has 50 heavy (non-hydrogen) atoms. The molecule has 5 nitrogen and oxygen atoms in total. The third kappa shape index (κ3) is 4.47. The van der Waals surface area contributed by atoms with Gasteiger partial charge in [-0.15, -0.1) is 0 Å². The quantitative estimate of drug-likeness (QED) is 0.176. The van der Waals surface area contributed by atoms with Gasteiger partial charge in [-0.05, 0) is 58.7 Å². The minimum atomic E-state index is -0.367. The van der Waals surface area contributed by atoms with E-state index in [0.29, 0.717) is 28.1 Å². The van der Waals surface area contributed by atoms with Gasteiger partial charge in [0, 0.05) is 21.9 Å². The van der Waals surface area contributed by atoms with E-state index in [1.165, 1.54) is 4.90 Å². The monoisotopic (exact) mass is 641 g/mol. The standard InChI is InChI=1S/C45H27N3O2/c46-28-29-23-25-32(26-24-29)36-18-9-20-38-37-19-8-17-35(31-13-5-2-6-14-31)42(37)48(43(36)38)40-22-10-21-39-41(40)45(50)47(44(39)49)34-16-7-15-33(27-34)30-11-3-1-4-12-30/h1-27H. The number of imide groups is 1. The number of hydrogen-bond donors (Lipinski definition) is 0. The highest BCUT2D eigenvalue weighted by Crippen LogP contribution is 2.44. The van der Waals surface area contributed by atoms with Gasteiger partial charge in [-0.1, -0.05) is 127 Å². The third-order valence-corrected chi connectivity index (χ3v) is 9.56. The van der Waals surface area contributed by atoms with Crippen molar-refractivity contribution in [3.8, 4) is 45.1 Å². The molecule has 0 saturated heterocycles. The minimum Gasteiger partial charge on any atom is -0.307 e. The molecule has 0 fully saturated rings. The Labute approximate surface area is 288 Å². The summed E-state index contributed by atoms with van der Waals surface area (Å²) in [6.07, 6.45) is 0. The number of benzene rings is 7. The normalized spacial score (nSPS) is 12.4. The van der Waals surface area contributed by atoms with Crippen LogP contribution in [0.1, 0.15) is 26.3 Å². The molecule has 234 valence electrons. The smallest absolute Gasteiger partial charge is 0.268 e. The Morgan fingerprint density at radius 2 is 1.00 bits per heavy atom. The molecular formula is C45H27N3O2. The number of para-hydroxylation sites is 2. The van der Waals surface area contributed by atoms with Crippen molar-refractivity contribution in [1.29, 1.82) is 5.26 Å². The first-order valence-corrected chi connectivity index (χ1v) is 16.4. The van der Waals surface area contributed by atoms with E-state index in [2.05, 4.69) is 53.1 Å². The maximum Gasteiger partial charge on any atom is 0.268 e. The second kappa shape index (κ2) is 11.6. The third-order valence-electron chi connectivity index (χ3n) is 9.56. The Morgan fingerprint density at radius 1 is 0.460 bits per heavy atom. The highest BCUT2D eigenvalue weighted by Gasteiger charge is 2.39. The second-order valence-electron chi connectivity index (χ2n) is 12.4. The van der Waals surface area contributed by atoms with Crippen molar-refractivity contribution in [3.63, 3.8) is 0 Å². The molecule has 2 heterocycles. The summed E-state index contributed by atoms with van der Waals surface area (Å²) in [6.45, 7) is 0. The second-order valence-corrected chi connectivity index (χ2v) is 12.4. The van der Waals surface area contributed by atoms with Crippen molar-refractivity contribution in [2.75, 3.05) is 4.90 Å². The van der Waals surface area contributed by atoms with Crippen molar-refractivity contribution in [2.24, 2.45) is 0 Å². The maximum atomic E-state index is 14.7. The van der Waals surface area contributed by atoms with E-state index >= 15 is 0 Å². The SMILES string of the molecule is N#Cc1ccc(-c2cccc3c4cccc(-c5ccccc5)c4n(-c4cccc5c4C(=O)N(c4cccc(-c6ccccc6)c4)C5=O)c23)cc1. The molecule has 0 spiro atoms. The lowest BCUT2D eigenvalue weighted by molar-refractivity contribution is 0.0926. The molecule has 0 unspecified atom stereocenters. The first-order valence-electron chi connectivity index (χ1n) is 16.4. The van der Waals surface area contributed by atoms with Crippen LogP contribution in [-0.2, 0) is 0 Å². The van der Waals surface area contributed by atoms with Crippen molar-refractivity contribution < 1.29 is 9.59 Å². The van der Waals surface area contributed by atoms with E-state index in [1.54, 1.807) is 6.07 Å². The Hall–Kier alpha value is -7.03. The van der Waals surface area contributed by atoms with Crippen LogP contribution in [0.5, 0.6) is 0 Å². The van der Waals surface area contributed by atoms with Gasteiger partial charge in [0.05, 0.1) is 45.2 Å². The lowest BCUT2D eigenvalue weighted by atomic mass is 10.00. The Balaban J connectivity index is 1.32. The molecule has 2 amide bonds. The summed E-state index contributed by atoms with van der Waals surface area (Å²) in [4.78, 5) is 30.2. The van der Waals surface area contributed by atoms with Gasteiger partial charge >= 0.3 is 0 Å². The number of hydrogen-bond acceptors (Lipinski definition) is 3. The fraction of sp³-hybridized carbons (Fsp3) is 0. The molecule has 9 rings (SSSR count). The zero-order valence-corrected chi connectivity index (χ0v) is 26.7. The average Bonchev–Trinajstić information content (AvgIpc) is 3.66. The number of nitrogens with zero attached hydrogens (tertiary/aromatic N) is 3. The maximum absolute atomic E-state index is 14.7. The van der Waals surface area contributed by atoms with Gasteiger partial charge in [0.25, 0.3) is 11.8 Å². The van der Waals surface area contributed by atoms with Gasteiger partial charge in [-0.3, -0.25) is 9.59 Å². The minimum absolute atomic E-state index is 0.353. The topological polar surface area (TPSA) is 66.1 Å². The molecule has 0 aliphatic carbocycles. The van der Waals surface area contributed by atoms with Gasteiger partial charge in [0.2, 0.25) is 0 Å². The van der Waals surface area contributed by atoms with E-state index in [9.17, 15) is 14.9 Å². The zero-order valence-electron chi connectivity index (χ0n) is 26.7. The summed E-state index contributed by atoms with van der Waals surface area (Å²) >= 11 is 0. The number of carbonyl (C=O) groups is 2. The Kier molecular flexibility index (Phi) is 6.75. The molecule has 1 aliphatic heterocycles. The molecule has 0 atom stereocenters. The van der Waals surface area contributed by atoms with E-state index in [4.69, 9.17) is 0 Å². The van der Waals surface area contributed by atoms with Gasteiger partial charge in [0.15, 0.2) is 0 Å². The molecule has 0 N–H and O–H groups in total. The predicted molar refractivity (Wildman–Crippen MR) is 199 cm³/mol. The van der Waals surface area contributed by atoms with E-state index in [1.807, 2.05) is 115 Å². The summed E-state index contributed by atoms with van der Waals surface area (Å²) < 4.78 is 2.16. The Morgan fingerprint density at radius 3 is 1.64 bits per heavy atom. The fourth-order valence-corrected chi connectivity index (χ4v) is 7.31. The van der Waals surface area contributed by atoms with E-state index in [-0.39, 0.29) is 11.8 Å². The molecule has 1 aromatic heterocycles. The van der Waals surface area contributed by atoms with Crippen LogP contribution in [0, 0.1) is 11.3 Å². The van der Waals surface area contributed by atoms with Crippen LogP contribution in [0.4, 0.5) is 5.69 Å². The van der Waals surface area contributed by atoms with Crippen molar-refractivity contribution in [1.82, 2.24) is 4.57 Å². The van der Waals surface area contributed by atoms with Crippen LogP contribution in [0.25, 0.3) is 60.9 Å². The summed E-state index contributed by atoms with van der Waals surface area (Å²) in [5.41, 5.74) is 10.2. The van der Waals surface area contributed by atoms with Gasteiger partial charge in [0.1, 0.15) is 0 Å². The molecule has 8 aromatic rings.